The smallest absolute Gasteiger partial charge is 0.269 e. The van der Waals surface area contributed by atoms with E-state index in [0.717, 1.165) is 24.3 Å². The van der Waals surface area contributed by atoms with E-state index in [9.17, 15) is 23.3 Å². The number of nitro groups is 1. The maximum atomic E-state index is 12.0. The summed E-state index contributed by atoms with van der Waals surface area (Å²) < 4.78 is 30.9. The second-order valence-electron chi connectivity index (χ2n) is 4.38. The predicted molar refractivity (Wildman–Crippen MR) is 82.7 cm³/mol. The van der Waals surface area contributed by atoms with Gasteiger partial charge in [-0.3, -0.25) is 14.9 Å². The highest BCUT2D eigenvalue weighted by Gasteiger charge is 2.16. The molecule has 0 bridgehead atoms. The van der Waals surface area contributed by atoms with Crippen LogP contribution in [0, 0.1) is 10.1 Å². The summed E-state index contributed by atoms with van der Waals surface area (Å²) in [5.74, 6) is -0.273. The standard InChI is InChI=1S/C13H12N4O6S/c18-13(16-14-8-11-2-1-7-23-11)9-15-24(21,22)12-5-3-10(4-6-12)17(19)20/h1-8,15H,9H2,(H,16,18)/b14-8-. The van der Waals surface area contributed by atoms with Crippen LogP contribution in [0.3, 0.4) is 0 Å². The fourth-order valence-corrected chi connectivity index (χ4v) is 2.55. The molecule has 0 fully saturated rings. The van der Waals surface area contributed by atoms with Crippen molar-refractivity contribution < 1.29 is 22.6 Å². The van der Waals surface area contributed by atoms with Crippen molar-refractivity contribution >= 4 is 27.8 Å². The van der Waals surface area contributed by atoms with Crippen LogP contribution in [0.2, 0.25) is 0 Å². The Bertz CT molecular complexity index is 843. The Hall–Kier alpha value is -3.05. The number of carbonyl (C=O) groups is 1. The summed E-state index contributed by atoms with van der Waals surface area (Å²) >= 11 is 0. The van der Waals surface area contributed by atoms with Crippen molar-refractivity contribution in [3.05, 3.63) is 58.5 Å². The molecule has 1 heterocycles. The number of nitrogens with zero attached hydrogens (tertiary/aromatic N) is 2. The van der Waals surface area contributed by atoms with Gasteiger partial charge in [0.15, 0.2) is 0 Å². The molecule has 1 aromatic carbocycles. The van der Waals surface area contributed by atoms with Crippen LogP contribution in [-0.2, 0) is 14.8 Å². The molecule has 2 rings (SSSR count). The molecule has 0 unspecified atom stereocenters. The Kier molecular flexibility index (Phi) is 5.39. The van der Waals surface area contributed by atoms with Crippen molar-refractivity contribution in [1.29, 1.82) is 0 Å². The lowest BCUT2D eigenvalue weighted by molar-refractivity contribution is -0.384. The van der Waals surface area contributed by atoms with E-state index in [0.29, 0.717) is 5.76 Å². The molecule has 1 aromatic heterocycles. The number of non-ortho nitro benzene ring substituents is 1. The molecule has 126 valence electrons. The molecule has 0 saturated heterocycles. The average molecular weight is 352 g/mol. The molecular weight excluding hydrogens is 340 g/mol. The van der Waals surface area contributed by atoms with Crippen LogP contribution in [0.4, 0.5) is 5.69 Å². The van der Waals surface area contributed by atoms with Gasteiger partial charge >= 0.3 is 0 Å². The number of nitro benzene ring substituents is 1. The van der Waals surface area contributed by atoms with Crippen molar-refractivity contribution in [1.82, 2.24) is 10.1 Å². The van der Waals surface area contributed by atoms with E-state index in [1.54, 1.807) is 12.1 Å². The van der Waals surface area contributed by atoms with Crippen LogP contribution in [0.15, 0.2) is 57.1 Å². The molecule has 0 radical (unpaired) electrons. The number of benzene rings is 1. The van der Waals surface area contributed by atoms with E-state index in [1.165, 1.54) is 12.5 Å². The van der Waals surface area contributed by atoms with Crippen LogP contribution in [0.1, 0.15) is 5.76 Å². The van der Waals surface area contributed by atoms with Crippen LogP contribution in [-0.4, -0.2) is 32.0 Å². The summed E-state index contributed by atoms with van der Waals surface area (Å²) in [6.45, 7) is -0.547. The van der Waals surface area contributed by atoms with E-state index in [2.05, 4.69) is 15.2 Å². The number of amides is 1. The Morgan fingerprint density at radius 3 is 2.58 bits per heavy atom. The summed E-state index contributed by atoms with van der Waals surface area (Å²) in [5, 5.41) is 14.1. The molecule has 2 N–H and O–H groups in total. The highest BCUT2D eigenvalue weighted by molar-refractivity contribution is 7.89. The largest absolute Gasteiger partial charge is 0.463 e. The lowest BCUT2D eigenvalue weighted by Crippen LogP contribution is -2.34. The normalized spacial score (nSPS) is 11.5. The van der Waals surface area contributed by atoms with Gasteiger partial charge in [0.25, 0.3) is 11.6 Å². The van der Waals surface area contributed by atoms with E-state index < -0.39 is 27.4 Å². The molecular formula is C13H12N4O6S. The van der Waals surface area contributed by atoms with Crippen molar-refractivity contribution in [2.24, 2.45) is 5.10 Å². The molecule has 11 heteroatoms. The highest BCUT2D eigenvalue weighted by atomic mass is 32.2. The number of rotatable bonds is 7. The van der Waals surface area contributed by atoms with Gasteiger partial charge < -0.3 is 4.42 Å². The third-order valence-electron chi connectivity index (χ3n) is 2.70. The molecule has 0 spiro atoms. The van der Waals surface area contributed by atoms with Crippen molar-refractivity contribution in [2.45, 2.75) is 4.90 Å². The van der Waals surface area contributed by atoms with Crippen LogP contribution in [0.5, 0.6) is 0 Å². The summed E-state index contributed by atoms with van der Waals surface area (Å²) in [5.41, 5.74) is 1.89. The lowest BCUT2D eigenvalue weighted by Gasteiger charge is -2.05. The van der Waals surface area contributed by atoms with Crippen molar-refractivity contribution in [2.75, 3.05) is 6.54 Å². The molecule has 0 aliphatic carbocycles. The number of carbonyl (C=O) groups excluding carboxylic acids is 1. The van der Waals surface area contributed by atoms with E-state index in [-0.39, 0.29) is 10.6 Å². The van der Waals surface area contributed by atoms with Gasteiger partial charge in [-0.25, -0.2) is 18.6 Å². The van der Waals surface area contributed by atoms with Crippen LogP contribution >= 0.6 is 0 Å². The van der Waals surface area contributed by atoms with Crippen molar-refractivity contribution in [3.8, 4) is 0 Å². The van der Waals surface area contributed by atoms with Gasteiger partial charge in [-0.15, -0.1) is 0 Å². The molecule has 1 amide bonds. The highest BCUT2D eigenvalue weighted by Crippen LogP contribution is 2.15. The second kappa shape index (κ2) is 7.48. The minimum atomic E-state index is -3.97. The summed E-state index contributed by atoms with van der Waals surface area (Å²) in [6, 6.07) is 7.53. The molecule has 0 aliphatic rings. The second-order valence-corrected chi connectivity index (χ2v) is 6.15. The SMILES string of the molecule is O=C(CNS(=O)(=O)c1ccc([N+](=O)[O-])cc1)N/N=C\c1ccco1. The number of hydrogen-bond donors (Lipinski definition) is 2. The Morgan fingerprint density at radius 1 is 1.29 bits per heavy atom. The summed E-state index contributed by atoms with van der Waals surface area (Å²) in [4.78, 5) is 21.2. The molecule has 0 aliphatic heterocycles. The lowest BCUT2D eigenvalue weighted by atomic mass is 10.3. The zero-order valence-electron chi connectivity index (χ0n) is 12.1. The average Bonchev–Trinajstić information content (AvgIpc) is 3.06. The first-order chi connectivity index (χ1) is 11.4. The van der Waals surface area contributed by atoms with Gasteiger partial charge in [-0.2, -0.15) is 5.10 Å². The van der Waals surface area contributed by atoms with Crippen LogP contribution < -0.4 is 10.1 Å². The summed E-state index contributed by atoms with van der Waals surface area (Å²) in [7, 11) is -3.97. The van der Waals surface area contributed by atoms with Gasteiger partial charge in [-0.1, -0.05) is 0 Å². The monoisotopic (exact) mass is 352 g/mol. The number of hydrazone groups is 1. The number of sulfonamides is 1. The Labute approximate surface area is 136 Å². The van der Waals surface area contributed by atoms with E-state index >= 15 is 0 Å². The van der Waals surface area contributed by atoms with E-state index in [4.69, 9.17) is 4.42 Å². The zero-order valence-corrected chi connectivity index (χ0v) is 12.9. The minimum absolute atomic E-state index is 0.194. The quantitative estimate of drug-likeness (QED) is 0.424. The number of furan rings is 1. The number of hydrogen-bond acceptors (Lipinski definition) is 7. The van der Waals surface area contributed by atoms with Gasteiger partial charge in [0.05, 0.1) is 28.8 Å². The maximum Gasteiger partial charge on any atom is 0.269 e. The maximum absolute atomic E-state index is 12.0. The minimum Gasteiger partial charge on any atom is -0.463 e. The third-order valence-corrected chi connectivity index (χ3v) is 4.12. The van der Waals surface area contributed by atoms with Gasteiger partial charge in [-0.05, 0) is 24.3 Å². The van der Waals surface area contributed by atoms with Gasteiger partial charge in [0.1, 0.15) is 5.76 Å². The topological polar surface area (TPSA) is 144 Å². The summed E-state index contributed by atoms with van der Waals surface area (Å²) in [6.07, 6.45) is 2.68. The third kappa shape index (κ3) is 4.72. The van der Waals surface area contributed by atoms with Gasteiger partial charge in [0, 0.05) is 12.1 Å². The Balaban J connectivity index is 1.89. The van der Waals surface area contributed by atoms with Crippen molar-refractivity contribution in [3.63, 3.8) is 0 Å². The molecule has 0 atom stereocenters. The first kappa shape index (κ1) is 17.3. The predicted octanol–water partition coefficient (Wildman–Crippen LogP) is 0.616. The first-order valence-corrected chi connectivity index (χ1v) is 7.96. The molecule has 0 saturated carbocycles. The van der Waals surface area contributed by atoms with E-state index in [1.807, 2.05) is 0 Å². The zero-order chi connectivity index (χ0) is 17.6. The Morgan fingerprint density at radius 2 is 2.00 bits per heavy atom. The fourth-order valence-electron chi connectivity index (χ4n) is 1.56. The van der Waals surface area contributed by atoms with Crippen LogP contribution in [0.25, 0.3) is 0 Å². The number of nitrogens with one attached hydrogen (secondary N) is 2. The van der Waals surface area contributed by atoms with Gasteiger partial charge in [0.2, 0.25) is 10.0 Å². The molecule has 24 heavy (non-hydrogen) atoms. The molecule has 10 nitrogen and oxygen atoms in total. The fraction of sp³-hybridized carbons (Fsp3) is 0.0769. The first-order valence-electron chi connectivity index (χ1n) is 6.48. The molecule has 2 aromatic rings.